The molecule has 2 aliphatic heterocycles. The van der Waals surface area contributed by atoms with Crippen molar-refractivity contribution < 1.29 is 4.79 Å². The van der Waals surface area contributed by atoms with E-state index in [1.165, 1.54) is 49.4 Å². The predicted molar refractivity (Wildman–Crippen MR) is 145 cm³/mol. The zero-order chi connectivity index (χ0) is 24.5. The summed E-state index contributed by atoms with van der Waals surface area (Å²) in [6.45, 7) is 6.29. The van der Waals surface area contributed by atoms with Gasteiger partial charge in [0.1, 0.15) is 5.04 Å². The van der Waals surface area contributed by atoms with Gasteiger partial charge in [-0.1, -0.05) is 57.2 Å². The molecule has 3 heterocycles. The van der Waals surface area contributed by atoms with Gasteiger partial charge < -0.3 is 4.57 Å². The molecule has 1 fully saturated rings. The number of hydrogen-bond acceptors (Lipinski definition) is 4. The molecular weight excluding hydrogens is 454 g/mol. The fraction of sp³-hybridized carbons (Fsp3) is 0.429. The van der Waals surface area contributed by atoms with E-state index in [9.17, 15) is 4.79 Å². The van der Waals surface area contributed by atoms with Crippen LogP contribution in [0.25, 0.3) is 11.8 Å². The largest absolute Gasteiger partial charge is 0.318 e. The molecule has 6 nitrogen and oxygen atoms in total. The zero-order valence-electron chi connectivity index (χ0n) is 20.8. The lowest BCUT2D eigenvalue weighted by Gasteiger charge is -2.20. The van der Waals surface area contributed by atoms with Crippen LogP contribution in [0.4, 0.5) is 0 Å². The molecule has 1 N–H and O–H groups in total. The van der Waals surface area contributed by atoms with Gasteiger partial charge in [-0.2, -0.15) is 15.1 Å². The Morgan fingerprint density at radius 1 is 1.17 bits per heavy atom. The van der Waals surface area contributed by atoms with Crippen molar-refractivity contribution >= 4 is 39.8 Å². The number of amidine groups is 2. The fourth-order valence-electron chi connectivity index (χ4n) is 5.42. The summed E-state index contributed by atoms with van der Waals surface area (Å²) in [6, 6.07) is 10.5. The number of amides is 1. The molecule has 5 rings (SSSR count). The van der Waals surface area contributed by atoms with Gasteiger partial charge in [-0.15, -0.1) is 0 Å². The second-order valence-corrected chi connectivity index (χ2v) is 10.7. The highest BCUT2D eigenvalue weighted by Gasteiger charge is 2.36. The molecule has 0 spiro atoms. The minimum absolute atomic E-state index is 0.110. The van der Waals surface area contributed by atoms with Crippen LogP contribution in [0.3, 0.4) is 0 Å². The summed E-state index contributed by atoms with van der Waals surface area (Å²) in [4.78, 5) is 17.2. The molecule has 182 valence electrons. The van der Waals surface area contributed by atoms with Gasteiger partial charge in [-0.05, 0) is 80.1 Å². The van der Waals surface area contributed by atoms with E-state index in [2.05, 4.69) is 65.8 Å². The molecule has 0 atom stereocenters. The summed E-state index contributed by atoms with van der Waals surface area (Å²) in [5.41, 5.74) is 5.77. The van der Waals surface area contributed by atoms with Gasteiger partial charge in [-0.25, -0.2) is 0 Å². The zero-order valence-corrected chi connectivity index (χ0v) is 21.6. The third-order valence-corrected chi connectivity index (χ3v) is 8.34. The maximum atomic E-state index is 12.9. The highest BCUT2D eigenvalue weighted by atomic mass is 32.2. The van der Waals surface area contributed by atoms with Crippen LogP contribution < -0.4 is 0 Å². The molecule has 1 aromatic carbocycles. The number of nitrogens with one attached hydrogen (secondary N) is 1. The minimum Gasteiger partial charge on any atom is -0.318 e. The maximum Gasteiger partial charge on any atom is 0.283 e. The number of aromatic nitrogens is 1. The Balaban J connectivity index is 1.39. The summed E-state index contributed by atoms with van der Waals surface area (Å²) in [6.07, 6.45) is 11.4. The van der Waals surface area contributed by atoms with E-state index in [1.807, 2.05) is 0 Å². The molecule has 0 unspecified atom stereocenters. The van der Waals surface area contributed by atoms with Gasteiger partial charge in [0.15, 0.2) is 5.84 Å². The average Bonchev–Trinajstić information content (AvgIpc) is 3.40. The smallest absolute Gasteiger partial charge is 0.283 e. The molecule has 1 aromatic heterocycles. The third kappa shape index (κ3) is 4.66. The first-order valence-corrected chi connectivity index (χ1v) is 13.5. The number of thioether (sulfide) groups is 1. The van der Waals surface area contributed by atoms with E-state index in [4.69, 9.17) is 5.41 Å². The Hall–Kier alpha value is -2.93. The lowest BCUT2D eigenvalue weighted by Crippen LogP contribution is -2.35. The topological polar surface area (TPSA) is 73.8 Å². The Kier molecular flexibility index (Phi) is 6.78. The number of carbonyl (C=O) groups is 1. The van der Waals surface area contributed by atoms with Crippen molar-refractivity contribution in [1.82, 2.24) is 9.58 Å². The first-order valence-electron chi connectivity index (χ1n) is 12.7. The molecule has 3 aliphatic rings. The molecule has 1 amide bonds. The molecular formula is C28H33N5OS. The summed E-state index contributed by atoms with van der Waals surface area (Å²) >= 11 is 1.44. The number of hydrogen-bond donors (Lipinski definition) is 1. The van der Waals surface area contributed by atoms with Crippen molar-refractivity contribution in [3.63, 3.8) is 0 Å². The van der Waals surface area contributed by atoms with Crippen LogP contribution in [0, 0.1) is 25.2 Å². The molecule has 35 heavy (non-hydrogen) atoms. The van der Waals surface area contributed by atoms with E-state index in [-0.39, 0.29) is 17.3 Å². The first-order chi connectivity index (χ1) is 17.0. The molecule has 1 aliphatic carbocycles. The number of nitrogens with zero attached hydrogens (tertiary/aromatic N) is 4. The van der Waals surface area contributed by atoms with Crippen molar-refractivity contribution in [2.45, 2.75) is 72.1 Å². The number of rotatable bonds is 6. The monoisotopic (exact) mass is 487 g/mol. The second-order valence-electron chi connectivity index (χ2n) is 9.70. The van der Waals surface area contributed by atoms with Crippen LogP contribution in [0.1, 0.15) is 74.4 Å². The Morgan fingerprint density at radius 2 is 1.94 bits per heavy atom. The van der Waals surface area contributed by atoms with Crippen LogP contribution in [0.15, 0.2) is 46.0 Å². The van der Waals surface area contributed by atoms with Gasteiger partial charge in [0, 0.05) is 17.1 Å². The average molecular weight is 488 g/mol. The predicted octanol–water partition coefficient (Wildman–Crippen LogP) is 6.64. The number of fused-ring (bicyclic) bond motifs is 1. The van der Waals surface area contributed by atoms with Crippen molar-refractivity contribution in [1.29, 1.82) is 5.41 Å². The van der Waals surface area contributed by atoms with Crippen LogP contribution in [-0.2, 0) is 11.2 Å². The highest BCUT2D eigenvalue weighted by Crippen LogP contribution is 2.34. The summed E-state index contributed by atoms with van der Waals surface area (Å²) < 4.78 is 2.23. The van der Waals surface area contributed by atoms with Crippen molar-refractivity contribution in [2.24, 2.45) is 16.0 Å². The number of aliphatic imine (C=N–C) groups is 1. The van der Waals surface area contributed by atoms with Crippen LogP contribution in [0.2, 0.25) is 0 Å². The van der Waals surface area contributed by atoms with E-state index in [0.717, 1.165) is 52.9 Å². The minimum atomic E-state index is -0.365. The van der Waals surface area contributed by atoms with Crippen molar-refractivity contribution in [3.8, 4) is 5.69 Å². The number of hydrazone groups is 1. The van der Waals surface area contributed by atoms with Gasteiger partial charge in [-0.3, -0.25) is 10.2 Å². The van der Waals surface area contributed by atoms with E-state index in [0.29, 0.717) is 5.17 Å². The molecule has 7 heteroatoms. The fourth-order valence-corrected chi connectivity index (χ4v) is 6.32. The Morgan fingerprint density at radius 3 is 2.71 bits per heavy atom. The Bertz CT molecular complexity index is 1260. The quantitative estimate of drug-likeness (QED) is 0.464. The SMILES string of the molecule is CCc1ccccc1-n1c(C)cc(/C=C2\C(=N)N3N=C(CCC4CCCCC4)SC3=NC2=O)c1C. The molecule has 2 aromatic rings. The van der Waals surface area contributed by atoms with Crippen LogP contribution >= 0.6 is 11.8 Å². The number of para-hydroxylation sites is 1. The van der Waals surface area contributed by atoms with Crippen molar-refractivity contribution in [3.05, 3.63) is 58.4 Å². The van der Waals surface area contributed by atoms with Crippen molar-refractivity contribution in [2.75, 3.05) is 0 Å². The standard InChI is InChI=1S/C28H33N5OS/c1-4-21-12-8-9-13-24(21)32-18(2)16-22(19(32)3)17-23-26(29)33-28(30-27(23)34)35-25(31-33)15-14-20-10-6-5-7-11-20/h8-9,12-13,16-17,20,29H,4-7,10-11,14-15H2,1-3H3/b23-17+,29-26?. The molecule has 1 saturated carbocycles. The number of aryl methyl sites for hydroxylation is 2. The van der Waals surface area contributed by atoms with Crippen LogP contribution in [-0.4, -0.2) is 31.5 Å². The molecule has 0 saturated heterocycles. The van der Waals surface area contributed by atoms with Gasteiger partial charge in [0.25, 0.3) is 5.91 Å². The lowest BCUT2D eigenvalue weighted by molar-refractivity contribution is -0.114. The summed E-state index contributed by atoms with van der Waals surface area (Å²) in [7, 11) is 0. The maximum absolute atomic E-state index is 12.9. The van der Waals surface area contributed by atoms with Crippen LogP contribution in [0.5, 0.6) is 0 Å². The normalized spacial score (nSPS) is 19.9. The Labute approximate surface area is 211 Å². The second kappa shape index (κ2) is 9.97. The highest BCUT2D eigenvalue weighted by molar-refractivity contribution is 8.26. The van der Waals surface area contributed by atoms with E-state index in [1.54, 1.807) is 11.1 Å². The van der Waals surface area contributed by atoms with Gasteiger partial charge in [0.2, 0.25) is 5.17 Å². The molecule has 0 bridgehead atoms. The molecule has 0 radical (unpaired) electrons. The number of benzene rings is 1. The summed E-state index contributed by atoms with van der Waals surface area (Å²) in [5, 5.41) is 16.4. The van der Waals surface area contributed by atoms with E-state index < -0.39 is 0 Å². The van der Waals surface area contributed by atoms with Gasteiger partial charge in [0.05, 0.1) is 5.57 Å². The van der Waals surface area contributed by atoms with Gasteiger partial charge >= 0.3 is 0 Å². The third-order valence-electron chi connectivity index (χ3n) is 7.37. The van der Waals surface area contributed by atoms with E-state index >= 15 is 0 Å². The number of carbonyl (C=O) groups excluding carboxylic acids is 1. The first kappa shape index (κ1) is 23.8. The lowest BCUT2D eigenvalue weighted by atomic mass is 9.86. The summed E-state index contributed by atoms with van der Waals surface area (Å²) in [5.74, 6) is 0.520.